The van der Waals surface area contributed by atoms with Gasteiger partial charge in [0.15, 0.2) is 0 Å². The summed E-state index contributed by atoms with van der Waals surface area (Å²) in [6.07, 6.45) is 2.82. The number of nitriles is 1. The average molecular weight is 440 g/mol. The van der Waals surface area contributed by atoms with Crippen LogP contribution in [0, 0.1) is 28.9 Å². The summed E-state index contributed by atoms with van der Waals surface area (Å²) < 4.78 is 33.7. The first-order valence-electron chi connectivity index (χ1n) is 10.9. The van der Waals surface area contributed by atoms with Crippen LogP contribution < -0.4 is 0 Å². The molecule has 0 N–H and O–H groups in total. The van der Waals surface area contributed by atoms with E-state index in [2.05, 4.69) is 23.2 Å². The van der Waals surface area contributed by atoms with Crippen LogP contribution in [0.1, 0.15) is 49.8 Å². The topological polar surface area (TPSA) is 79.1 Å². The number of halogens is 2. The molecule has 168 valence electrons. The Morgan fingerprint density at radius 2 is 2.09 bits per heavy atom. The lowest BCUT2D eigenvalue weighted by Crippen LogP contribution is -2.47. The van der Waals surface area contributed by atoms with Crippen molar-refractivity contribution in [2.75, 3.05) is 26.8 Å². The highest BCUT2D eigenvalue weighted by Gasteiger charge is 2.53. The molecular formula is C24H26F2N4O2. The molecule has 3 atom stereocenters. The molecule has 0 spiro atoms. The van der Waals surface area contributed by atoms with Gasteiger partial charge >= 0.3 is 0 Å². The van der Waals surface area contributed by atoms with Gasteiger partial charge in [0.25, 0.3) is 0 Å². The maximum atomic E-state index is 14.4. The third-order valence-electron chi connectivity index (χ3n) is 6.80. The minimum absolute atomic E-state index is 0.0543. The van der Waals surface area contributed by atoms with E-state index in [0.29, 0.717) is 24.9 Å². The Balaban J connectivity index is 1.74. The minimum Gasteiger partial charge on any atom is -0.375 e. The quantitative estimate of drug-likeness (QED) is 0.621. The lowest BCUT2D eigenvalue weighted by atomic mass is 9.70. The predicted molar refractivity (Wildman–Crippen MR) is 114 cm³/mol. The van der Waals surface area contributed by atoms with E-state index >= 15 is 0 Å². The zero-order valence-corrected chi connectivity index (χ0v) is 18.3. The van der Waals surface area contributed by atoms with Gasteiger partial charge in [0.1, 0.15) is 18.2 Å². The lowest BCUT2D eigenvalue weighted by Gasteiger charge is -2.40. The maximum absolute atomic E-state index is 14.4. The number of carbonyl (C=O) groups excluding carboxylic acids is 1. The van der Waals surface area contributed by atoms with Crippen molar-refractivity contribution in [1.82, 2.24) is 15.1 Å². The van der Waals surface area contributed by atoms with Gasteiger partial charge in [-0.15, -0.1) is 0 Å². The molecule has 1 saturated carbocycles. The number of carbonyl (C=O) groups is 1. The Labute approximate surface area is 186 Å². The van der Waals surface area contributed by atoms with Crippen LogP contribution in [0.5, 0.6) is 0 Å². The van der Waals surface area contributed by atoms with Gasteiger partial charge < -0.3 is 9.64 Å². The summed E-state index contributed by atoms with van der Waals surface area (Å²) in [6, 6.07) is 7.62. The van der Waals surface area contributed by atoms with E-state index in [1.807, 2.05) is 0 Å². The molecule has 0 radical (unpaired) electrons. The van der Waals surface area contributed by atoms with E-state index in [-0.39, 0.29) is 30.2 Å². The molecule has 1 aromatic carbocycles. The Morgan fingerprint density at radius 3 is 2.75 bits per heavy atom. The number of rotatable bonds is 8. The van der Waals surface area contributed by atoms with Gasteiger partial charge in [-0.3, -0.25) is 4.79 Å². The number of aromatic nitrogens is 2. The summed E-state index contributed by atoms with van der Waals surface area (Å²) in [6.45, 7) is 2.73. The number of methoxy groups -OCH3 is 1. The summed E-state index contributed by atoms with van der Waals surface area (Å²) in [4.78, 5) is 14.3. The molecule has 8 heteroatoms. The van der Waals surface area contributed by atoms with Crippen LogP contribution >= 0.6 is 0 Å². The van der Waals surface area contributed by atoms with E-state index in [4.69, 9.17) is 10.00 Å². The minimum atomic E-state index is -0.669. The fraction of sp³-hybridized carbons (Fsp3) is 0.500. The molecule has 2 aliphatic carbocycles. The van der Waals surface area contributed by atoms with Crippen molar-refractivity contribution in [3.8, 4) is 17.3 Å². The van der Waals surface area contributed by atoms with Crippen molar-refractivity contribution < 1.29 is 18.3 Å². The van der Waals surface area contributed by atoms with E-state index in [0.717, 1.165) is 30.5 Å². The number of fused-ring (bicyclic) bond motifs is 3. The van der Waals surface area contributed by atoms with E-state index < -0.39 is 17.0 Å². The third-order valence-corrected chi connectivity index (χ3v) is 6.80. The molecule has 32 heavy (non-hydrogen) atoms. The van der Waals surface area contributed by atoms with Crippen molar-refractivity contribution in [2.45, 2.75) is 43.9 Å². The third kappa shape index (κ3) is 3.97. The summed E-state index contributed by atoms with van der Waals surface area (Å²) in [5.41, 5.74) is 1.36. The predicted octanol–water partition coefficient (Wildman–Crippen LogP) is 3.97. The number of benzene rings is 1. The number of hydrogen-bond donors (Lipinski definition) is 0. The molecule has 6 nitrogen and oxygen atoms in total. The van der Waals surface area contributed by atoms with Crippen LogP contribution in [0.15, 0.2) is 24.3 Å². The van der Waals surface area contributed by atoms with Crippen LogP contribution in [0.3, 0.4) is 0 Å². The Hall–Kier alpha value is -2.92. The molecule has 0 aliphatic heterocycles. The van der Waals surface area contributed by atoms with Crippen molar-refractivity contribution >= 4 is 5.91 Å². The van der Waals surface area contributed by atoms with Crippen LogP contribution in [-0.2, 0) is 14.9 Å². The lowest BCUT2D eigenvalue weighted by molar-refractivity contribution is -0.136. The molecule has 1 unspecified atom stereocenters. The Morgan fingerprint density at radius 1 is 1.34 bits per heavy atom. The van der Waals surface area contributed by atoms with Gasteiger partial charge in [-0.05, 0) is 54.9 Å². The second-order valence-electron chi connectivity index (χ2n) is 8.73. The van der Waals surface area contributed by atoms with Crippen molar-refractivity contribution in [3.05, 3.63) is 47.2 Å². The molecule has 1 amide bonds. The fourth-order valence-corrected chi connectivity index (χ4v) is 5.04. The number of amides is 1. The summed E-state index contributed by atoms with van der Waals surface area (Å²) >= 11 is 0. The number of ether oxygens (including phenoxy) is 1. The molecule has 2 aromatic rings. The molecule has 1 fully saturated rings. The van der Waals surface area contributed by atoms with Gasteiger partial charge in [-0.2, -0.15) is 15.5 Å². The van der Waals surface area contributed by atoms with Crippen molar-refractivity contribution in [2.24, 2.45) is 5.92 Å². The molecule has 2 aliphatic rings. The molecule has 1 heterocycles. The number of hydrogen-bond acceptors (Lipinski definition) is 5. The van der Waals surface area contributed by atoms with Gasteiger partial charge in [0.05, 0.1) is 29.4 Å². The van der Waals surface area contributed by atoms with Crippen LogP contribution in [0.4, 0.5) is 8.78 Å². The summed E-state index contributed by atoms with van der Waals surface area (Å²) in [7, 11) is 1.47. The SMILES string of the molecule is CC[C@]1(CN(CCC#N)C(=O)COC)CC2C[C@@H]2c2cc(-c3c(F)cccc3F)nnc21. The summed E-state index contributed by atoms with van der Waals surface area (Å²) in [5, 5.41) is 17.8. The molecule has 1 aromatic heterocycles. The second-order valence-corrected chi connectivity index (χ2v) is 8.73. The van der Waals surface area contributed by atoms with Gasteiger partial charge in [-0.1, -0.05) is 13.0 Å². The maximum Gasteiger partial charge on any atom is 0.248 e. The standard InChI is InChI=1S/C24H26F2N4O2/c1-3-24(14-30(9-5-8-27)21(31)13-32-2)12-15-10-16(15)17-11-20(28-29-23(17)24)22-18(25)6-4-7-19(22)26/h4,6-7,11,15-16H,3,5,9-10,12-14H2,1-2H3/t15?,16-,24+/m0/s1. The smallest absolute Gasteiger partial charge is 0.248 e. The second kappa shape index (κ2) is 8.91. The molecule has 0 saturated heterocycles. The molecule has 4 rings (SSSR count). The largest absolute Gasteiger partial charge is 0.375 e. The van der Waals surface area contributed by atoms with E-state index in [9.17, 15) is 13.6 Å². The Bertz CT molecular complexity index is 1050. The number of nitrogens with zero attached hydrogens (tertiary/aromatic N) is 4. The van der Waals surface area contributed by atoms with Gasteiger partial charge in [0.2, 0.25) is 5.91 Å². The van der Waals surface area contributed by atoms with Crippen LogP contribution in [0.2, 0.25) is 0 Å². The summed E-state index contributed by atoms with van der Waals surface area (Å²) in [5.74, 6) is -0.765. The highest BCUT2D eigenvalue weighted by Crippen LogP contribution is 2.60. The monoisotopic (exact) mass is 440 g/mol. The Kier molecular flexibility index (Phi) is 6.20. The van der Waals surface area contributed by atoms with Gasteiger partial charge in [-0.25, -0.2) is 8.78 Å². The first kappa shape index (κ1) is 22.3. The zero-order chi connectivity index (χ0) is 22.9. The van der Waals surface area contributed by atoms with Gasteiger partial charge in [0, 0.05) is 25.6 Å². The molecular weight excluding hydrogens is 414 g/mol. The van der Waals surface area contributed by atoms with E-state index in [1.54, 1.807) is 11.0 Å². The highest BCUT2D eigenvalue weighted by atomic mass is 19.1. The fourth-order valence-electron chi connectivity index (χ4n) is 5.04. The zero-order valence-electron chi connectivity index (χ0n) is 18.3. The van der Waals surface area contributed by atoms with Crippen LogP contribution in [-0.4, -0.2) is 47.8 Å². The first-order valence-corrected chi connectivity index (χ1v) is 10.9. The van der Waals surface area contributed by atoms with Crippen molar-refractivity contribution in [3.63, 3.8) is 0 Å². The van der Waals surface area contributed by atoms with Crippen molar-refractivity contribution in [1.29, 1.82) is 5.26 Å². The van der Waals surface area contributed by atoms with E-state index in [1.165, 1.54) is 25.3 Å². The van der Waals surface area contributed by atoms with Crippen LogP contribution in [0.25, 0.3) is 11.3 Å². The molecule has 0 bridgehead atoms. The normalized spacial score (nSPS) is 23.1. The average Bonchev–Trinajstić information content (AvgIpc) is 3.56. The highest BCUT2D eigenvalue weighted by molar-refractivity contribution is 5.77. The first-order chi connectivity index (χ1) is 15.4.